The van der Waals surface area contributed by atoms with E-state index in [1.54, 1.807) is 21.1 Å². The summed E-state index contributed by atoms with van der Waals surface area (Å²) in [6.07, 6.45) is -0.332. The molecule has 0 saturated carbocycles. The minimum absolute atomic E-state index is 0.332. The van der Waals surface area contributed by atoms with Crippen molar-refractivity contribution < 1.29 is 13.3 Å². The highest BCUT2D eigenvalue weighted by Gasteiger charge is 2.37. The van der Waals surface area contributed by atoms with Gasteiger partial charge in [0.25, 0.3) is 0 Å². The molecule has 0 fully saturated rings. The van der Waals surface area contributed by atoms with Crippen molar-refractivity contribution >= 4 is 8.80 Å². The molecule has 1 unspecified atom stereocenters. The monoisotopic (exact) mass is 179 g/mol. The number of rotatable bonds is 5. The molecular formula is C6H17NO3Si. The third-order valence-corrected chi connectivity index (χ3v) is 4.26. The summed E-state index contributed by atoms with van der Waals surface area (Å²) in [6.45, 7) is 3.72. The summed E-state index contributed by atoms with van der Waals surface area (Å²) < 4.78 is 15.7. The van der Waals surface area contributed by atoms with Crippen LogP contribution in [0.5, 0.6) is 0 Å². The SMILES string of the molecule is CC[Si](OC)(OC)OC(C)N. The number of nitrogens with two attached hydrogens (primary N) is 1. The van der Waals surface area contributed by atoms with E-state index in [2.05, 4.69) is 0 Å². The molecule has 4 nitrogen and oxygen atoms in total. The van der Waals surface area contributed by atoms with Gasteiger partial charge in [0.1, 0.15) is 0 Å². The molecule has 0 aromatic carbocycles. The summed E-state index contributed by atoms with van der Waals surface area (Å²) in [5, 5.41) is 0. The van der Waals surface area contributed by atoms with E-state index >= 15 is 0 Å². The fourth-order valence-electron chi connectivity index (χ4n) is 0.835. The molecule has 0 aromatic heterocycles. The largest absolute Gasteiger partial charge is 0.501 e. The molecule has 0 radical (unpaired) electrons. The van der Waals surface area contributed by atoms with Crippen molar-refractivity contribution in [2.24, 2.45) is 5.73 Å². The van der Waals surface area contributed by atoms with Gasteiger partial charge in [-0.25, -0.2) is 0 Å². The highest BCUT2D eigenvalue weighted by atomic mass is 28.4. The van der Waals surface area contributed by atoms with Crippen molar-refractivity contribution in [1.82, 2.24) is 0 Å². The van der Waals surface area contributed by atoms with Crippen LogP contribution in [0.3, 0.4) is 0 Å². The molecule has 0 spiro atoms. The Morgan fingerprint density at radius 2 is 1.82 bits per heavy atom. The van der Waals surface area contributed by atoms with Crippen LogP contribution in [0, 0.1) is 0 Å². The van der Waals surface area contributed by atoms with Crippen LogP contribution in [0.4, 0.5) is 0 Å². The van der Waals surface area contributed by atoms with Gasteiger partial charge < -0.3 is 19.0 Å². The van der Waals surface area contributed by atoms with Crippen molar-refractivity contribution in [2.75, 3.05) is 14.2 Å². The fraction of sp³-hybridized carbons (Fsp3) is 1.00. The first-order chi connectivity index (χ1) is 5.10. The molecule has 0 aliphatic heterocycles. The van der Waals surface area contributed by atoms with Gasteiger partial charge in [0.15, 0.2) is 0 Å². The average Bonchev–Trinajstić information content (AvgIpc) is 2.00. The molecule has 1 atom stereocenters. The van der Waals surface area contributed by atoms with Crippen molar-refractivity contribution in [3.8, 4) is 0 Å². The Balaban J connectivity index is 4.05. The summed E-state index contributed by atoms with van der Waals surface area (Å²) in [5.41, 5.74) is 5.46. The zero-order valence-electron chi connectivity index (χ0n) is 7.59. The second-order valence-electron chi connectivity index (χ2n) is 2.27. The third-order valence-electron chi connectivity index (χ3n) is 1.42. The lowest BCUT2D eigenvalue weighted by molar-refractivity contribution is 0.0664. The normalized spacial score (nSPS) is 15.0. The van der Waals surface area contributed by atoms with Gasteiger partial charge in [0.2, 0.25) is 0 Å². The number of hydrogen-bond donors (Lipinski definition) is 1. The zero-order valence-corrected chi connectivity index (χ0v) is 8.59. The Morgan fingerprint density at radius 3 is 1.91 bits per heavy atom. The van der Waals surface area contributed by atoms with Crippen molar-refractivity contribution in [2.45, 2.75) is 26.1 Å². The van der Waals surface area contributed by atoms with E-state index in [4.69, 9.17) is 19.0 Å². The van der Waals surface area contributed by atoms with E-state index in [1.165, 1.54) is 0 Å². The van der Waals surface area contributed by atoms with Crippen LogP contribution in [-0.4, -0.2) is 29.3 Å². The van der Waals surface area contributed by atoms with E-state index in [1.807, 2.05) is 6.92 Å². The van der Waals surface area contributed by atoms with Gasteiger partial charge in [-0.15, -0.1) is 0 Å². The van der Waals surface area contributed by atoms with Gasteiger partial charge >= 0.3 is 8.80 Å². The first kappa shape index (κ1) is 11.1. The third kappa shape index (κ3) is 3.30. The van der Waals surface area contributed by atoms with Gasteiger partial charge in [-0.05, 0) is 6.92 Å². The smallest absolute Gasteiger partial charge is 0.377 e. The maximum atomic E-state index is 5.46. The lowest BCUT2D eigenvalue weighted by Gasteiger charge is -2.26. The Hall–Kier alpha value is 0.0569. The zero-order chi connectivity index (χ0) is 8.91. The first-order valence-corrected chi connectivity index (χ1v) is 5.57. The minimum atomic E-state index is -2.41. The highest BCUT2D eigenvalue weighted by molar-refractivity contribution is 6.60. The average molecular weight is 179 g/mol. The molecule has 0 bridgehead atoms. The Labute approximate surface area is 69.0 Å². The van der Waals surface area contributed by atoms with Gasteiger partial charge in [0, 0.05) is 20.3 Å². The maximum Gasteiger partial charge on any atom is 0.501 e. The molecule has 0 aliphatic carbocycles. The highest BCUT2D eigenvalue weighted by Crippen LogP contribution is 2.13. The van der Waals surface area contributed by atoms with Gasteiger partial charge in [-0.1, -0.05) is 6.92 Å². The van der Waals surface area contributed by atoms with Crippen LogP contribution in [0.2, 0.25) is 6.04 Å². The standard InChI is InChI=1S/C6H17NO3Si/c1-5-11(8-3,9-4)10-6(2)7/h6H,5,7H2,1-4H3. The van der Waals surface area contributed by atoms with Gasteiger partial charge in [0.05, 0.1) is 6.23 Å². The fourth-order valence-corrected chi connectivity index (χ4v) is 2.50. The van der Waals surface area contributed by atoms with Gasteiger partial charge in [-0.2, -0.15) is 0 Å². The molecular weight excluding hydrogens is 162 g/mol. The van der Waals surface area contributed by atoms with E-state index in [-0.39, 0.29) is 6.23 Å². The minimum Gasteiger partial charge on any atom is -0.377 e. The molecule has 68 valence electrons. The predicted octanol–water partition coefficient (Wildman–Crippen LogP) is 0.559. The van der Waals surface area contributed by atoms with E-state index in [9.17, 15) is 0 Å². The Kier molecular flexibility index (Phi) is 4.86. The summed E-state index contributed by atoms with van der Waals surface area (Å²) >= 11 is 0. The maximum absolute atomic E-state index is 5.46. The molecule has 2 N–H and O–H groups in total. The molecule has 0 saturated heterocycles. The Bertz CT molecular complexity index is 97.7. The van der Waals surface area contributed by atoms with E-state index < -0.39 is 8.80 Å². The second-order valence-corrected chi connectivity index (χ2v) is 5.39. The predicted molar refractivity (Wildman–Crippen MR) is 45.0 cm³/mol. The molecule has 11 heavy (non-hydrogen) atoms. The van der Waals surface area contributed by atoms with E-state index in [0.29, 0.717) is 0 Å². The van der Waals surface area contributed by atoms with Crippen LogP contribution < -0.4 is 5.73 Å². The lowest BCUT2D eigenvalue weighted by atomic mass is 10.7. The Morgan fingerprint density at radius 1 is 1.36 bits per heavy atom. The molecule has 0 heterocycles. The molecule has 5 heteroatoms. The summed E-state index contributed by atoms with van der Waals surface area (Å²) in [7, 11) is 0.764. The molecule has 0 amide bonds. The van der Waals surface area contributed by atoms with Crippen molar-refractivity contribution in [3.63, 3.8) is 0 Å². The van der Waals surface area contributed by atoms with Crippen molar-refractivity contribution in [1.29, 1.82) is 0 Å². The molecule has 0 rings (SSSR count). The second kappa shape index (κ2) is 4.84. The van der Waals surface area contributed by atoms with Crippen LogP contribution >= 0.6 is 0 Å². The van der Waals surface area contributed by atoms with Crippen LogP contribution in [0.1, 0.15) is 13.8 Å². The summed E-state index contributed by atoms with van der Waals surface area (Å²) in [5.74, 6) is 0. The topological polar surface area (TPSA) is 53.7 Å². The van der Waals surface area contributed by atoms with Crippen molar-refractivity contribution in [3.05, 3.63) is 0 Å². The molecule has 0 aromatic rings. The summed E-state index contributed by atoms with van der Waals surface area (Å²) in [4.78, 5) is 0. The first-order valence-electron chi connectivity index (χ1n) is 3.64. The quantitative estimate of drug-likeness (QED) is 0.495. The van der Waals surface area contributed by atoms with Crippen LogP contribution in [0.15, 0.2) is 0 Å². The van der Waals surface area contributed by atoms with Crippen LogP contribution in [-0.2, 0) is 13.3 Å². The number of hydrogen-bond acceptors (Lipinski definition) is 4. The van der Waals surface area contributed by atoms with Gasteiger partial charge in [-0.3, -0.25) is 0 Å². The van der Waals surface area contributed by atoms with Crippen LogP contribution in [0.25, 0.3) is 0 Å². The lowest BCUT2D eigenvalue weighted by Crippen LogP contribution is -2.47. The van der Waals surface area contributed by atoms with E-state index in [0.717, 1.165) is 6.04 Å². The molecule has 0 aliphatic rings. The summed E-state index contributed by atoms with van der Waals surface area (Å²) in [6, 6.07) is 0.738.